The predicted molar refractivity (Wildman–Crippen MR) is 56.5 cm³/mol. The van der Waals surface area contributed by atoms with Crippen molar-refractivity contribution >= 4 is 0 Å². The van der Waals surface area contributed by atoms with Gasteiger partial charge in [-0.25, -0.2) is 0 Å². The van der Waals surface area contributed by atoms with Crippen LogP contribution >= 0.6 is 0 Å². The van der Waals surface area contributed by atoms with Crippen LogP contribution in [-0.2, 0) is 11.3 Å². The molecular formula is C10H18N4O. The van der Waals surface area contributed by atoms with Crippen LogP contribution in [0.5, 0.6) is 0 Å². The van der Waals surface area contributed by atoms with Crippen LogP contribution in [0, 0.1) is 0 Å². The smallest absolute Gasteiger partial charge is 0.150 e. The van der Waals surface area contributed by atoms with Gasteiger partial charge in [-0.15, -0.1) is 10.2 Å². The Morgan fingerprint density at radius 1 is 1.60 bits per heavy atom. The van der Waals surface area contributed by atoms with Crippen molar-refractivity contribution in [1.29, 1.82) is 0 Å². The van der Waals surface area contributed by atoms with Crippen LogP contribution in [0.1, 0.15) is 31.1 Å². The summed E-state index contributed by atoms with van der Waals surface area (Å²) in [5, 5.41) is 11.6. The standard InChI is InChI=1S/C10H18N4O/c1-15-7-6-14-8-12-13-10(14)9-4-2-3-5-11-9/h8-9,11H,2-7H2,1H3. The van der Waals surface area contributed by atoms with Crippen LogP contribution in [0.3, 0.4) is 0 Å². The average Bonchev–Trinajstić information content (AvgIpc) is 2.75. The Balaban J connectivity index is 2.02. The Kier molecular flexibility index (Phi) is 3.69. The van der Waals surface area contributed by atoms with Crippen LogP contribution < -0.4 is 5.32 Å². The lowest BCUT2D eigenvalue weighted by Gasteiger charge is -2.22. The molecule has 0 spiro atoms. The number of nitrogens with one attached hydrogen (secondary N) is 1. The molecule has 15 heavy (non-hydrogen) atoms. The van der Waals surface area contributed by atoms with E-state index in [0.29, 0.717) is 12.6 Å². The van der Waals surface area contributed by atoms with E-state index in [1.54, 1.807) is 13.4 Å². The molecule has 0 amide bonds. The number of hydrogen-bond donors (Lipinski definition) is 1. The van der Waals surface area contributed by atoms with Gasteiger partial charge in [0.25, 0.3) is 0 Å². The molecule has 0 radical (unpaired) electrons. The molecule has 2 heterocycles. The number of nitrogens with zero attached hydrogens (tertiary/aromatic N) is 3. The summed E-state index contributed by atoms with van der Waals surface area (Å²) >= 11 is 0. The van der Waals surface area contributed by atoms with Crippen molar-refractivity contribution in [2.75, 3.05) is 20.3 Å². The minimum Gasteiger partial charge on any atom is -0.383 e. The largest absolute Gasteiger partial charge is 0.383 e. The third-order valence-corrected chi connectivity index (χ3v) is 2.80. The molecule has 1 aliphatic heterocycles. The molecule has 0 saturated carbocycles. The molecule has 5 nitrogen and oxygen atoms in total. The lowest BCUT2D eigenvalue weighted by Crippen LogP contribution is -2.29. The molecule has 0 aromatic carbocycles. The van der Waals surface area contributed by atoms with Crippen LogP contribution in [0.4, 0.5) is 0 Å². The van der Waals surface area contributed by atoms with Crippen molar-refractivity contribution in [3.8, 4) is 0 Å². The Bertz CT molecular complexity index is 293. The van der Waals surface area contributed by atoms with Gasteiger partial charge < -0.3 is 14.6 Å². The van der Waals surface area contributed by atoms with Gasteiger partial charge in [-0.3, -0.25) is 0 Å². The van der Waals surface area contributed by atoms with Crippen LogP contribution in [0.15, 0.2) is 6.33 Å². The first kappa shape index (κ1) is 10.6. The minimum atomic E-state index is 0.373. The van der Waals surface area contributed by atoms with Gasteiger partial charge in [0.15, 0.2) is 0 Å². The summed E-state index contributed by atoms with van der Waals surface area (Å²) in [5.41, 5.74) is 0. The van der Waals surface area contributed by atoms with Gasteiger partial charge in [-0.1, -0.05) is 6.42 Å². The summed E-state index contributed by atoms with van der Waals surface area (Å²) in [4.78, 5) is 0. The Labute approximate surface area is 89.8 Å². The van der Waals surface area contributed by atoms with Gasteiger partial charge in [0.1, 0.15) is 12.2 Å². The maximum atomic E-state index is 5.06. The van der Waals surface area contributed by atoms with Gasteiger partial charge >= 0.3 is 0 Å². The molecule has 1 N–H and O–H groups in total. The first-order valence-electron chi connectivity index (χ1n) is 5.52. The average molecular weight is 210 g/mol. The van der Waals surface area contributed by atoms with Gasteiger partial charge in [0.05, 0.1) is 12.6 Å². The number of methoxy groups -OCH3 is 1. The SMILES string of the molecule is COCCn1cnnc1C1CCCCN1. The first-order chi connectivity index (χ1) is 7.42. The van der Waals surface area contributed by atoms with E-state index in [1.165, 1.54) is 12.8 Å². The molecule has 1 atom stereocenters. The van der Waals surface area contributed by atoms with E-state index in [9.17, 15) is 0 Å². The van der Waals surface area contributed by atoms with Crippen LogP contribution in [0.25, 0.3) is 0 Å². The zero-order valence-corrected chi connectivity index (χ0v) is 9.15. The fraction of sp³-hybridized carbons (Fsp3) is 0.800. The van der Waals surface area contributed by atoms with Gasteiger partial charge in [-0.2, -0.15) is 0 Å². The second kappa shape index (κ2) is 5.23. The quantitative estimate of drug-likeness (QED) is 0.796. The topological polar surface area (TPSA) is 52.0 Å². The van der Waals surface area contributed by atoms with Crippen molar-refractivity contribution in [2.45, 2.75) is 31.8 Å². The second-order valence-corrected chi connectivity index (χ2v) is 3.88. The highest BCUT2D eigenvalue weighted by atomic mass is 16.5. The molecule has 5 heteroatoms. The predicted octanol–water partition coefficient (Wildman–Crippen LogP) is 0.739. The molecule has 0 bridgehead atoms. The van der Waals surface area contributed by atoms with Crippen molar-refractivity contribution in [3.05, 3.63) is 12.2 Å². The van der Waals surface area contributed by atoms with E-state index in [-0.39, 0.29) is 0 Å². The van der Waals surface area contributed by atoms with Gasteiger partial charge in [0, 0.05) is 13.7 Å². The highest BCUT2D eigenvalue weighted by Crippen LogP contribution is 2.20. The molecule has 1 fully saturated rings. The summed E-state index contributed by atoms with van der Waals surface area (Å²) in [6.45, 7) is 2.62. The fourth-order valence-electron chi connectivity index (χ4n) is 1.97. The van der Waals surface area contributed by atoms with E-state index < -0.39 is 0 Å². The third kappa shape index (κ3) is 2.54. The Morgan fingerprint density at radius 2 is 2.53 bits per heavy atom. The summed E-state index contributed by atoms with van der Waals surface area (Å²) < 4.78 is 7.14. The van der Waals surface area contributed by atoms with E-state index in [4.69, 9.17) is 4.74 Å². The van der Waals surface area contributed by atoms with E-state index >= 15 is 0 Å². The highest BCUT2D eigenvalue weighted by Gasteiger charge is 2.19. The first-order valence-corrected chi connectivity index (χ1v) is 5.52. The second-order valence-electron chi connectivity index (χ2n) is 3.88. The monoisotopic (exact) mass is 210 g/mol. The molecule has 2 rings (SSSR count). The fourth-order valence-corrected chi connectivity index (χ4v) is 1.97. The van der Waals surface area contributed by atoms with Crippen molar-refractivity contribution in [2.24, 2.45) is 0 Å². The highest BCUT2D eigenvalue weighted by molar-refractivity contribution is 4.96. The normalized spacial score (nSPS) is 21.8. The zero-order chi connectivity index (χ0) is 10.5. The third-order valence-electron chi connectivity index (χ3n) is 2.80. The molecular weight excluding hydrogens is 192 g/mol. The summed E-state index contributed by atoms with van der Waals surface area (Å²) in [6, 6.07) is 0.373. The van der Waals surface area contributed by atoms with E-state index in [1.807, 2.05) is 0 Å². The Morgan fingerprint density at radius 3 is 3.27 bits per heavy atom. The van der Waals surface area contributed by atoms with Crippen molar-refractivity contribution in [1.82, 2.24) is 20.1 Å². The van der Waals surface area contributed by atoms with Crippen molar-refractivity contribution < 1.29 is 4.74 Å². The lowest BCUT2D eigenvalue weighted by molar-refractivity contribution is 0.185. The molecule has 1 saturated heterocycles. The van der Waals surface area contributed by atoms with Gasteiger partial charge in [-0.05, 0) is 19.4 Å². The molecule has 1 aliphatic rings. The van der Waals surface area contributed by atoms with Crippen molar-refractivity contribution in [3.63, 3.8) is 0 Å². The number of piperidine rings is 1. The Hall–Kier alpha value is -0.940. The summed E-state index contributed by atoms with van der Waals surface area (Å²) in [7, 11) is 1.71. The summed E-state index contributed by atoms with van der Waals surface area (Å²) in [6.07, 6.45) is 5.48. The number of rotatable bonds is 4. The van der Waals surface area contributed by atoms with E-state index in [0.717, 1.165) is 25.3 Å². The summed E-state index contributed by atoms with van der Waals surface area (Å²) in [5.74, 6) is 1.05. The van der Waals surface area contributed by atoms with Gasteiger partial charge in [0.2, 0.25) is 0 Å². The molecule has 1 aromatic heterocycles. The minimum absolute atomic E-state index is 0.373. The molecule has 84 valence electrons. The lowest BCUT2D eigenvalue weighted by atomic mass is 10.0. The van der Waals surface area contributed by atoms with E-state index in [2.05, 4.69) is 20.1 Å². The van der Waals surface area contributed by atoms with Crippen LogP contribution in [0.2, 0.25) is 0 Å². The zero-order valence-electron chi connectivity index (χ0n) is 9.15. The molecule has 1 aromatic rings. The molecule has 0 aliphatic carbocycles. The maximum Gasteiger partial charge on any atom is 0.150 e. The van der Waals surface area contributed by atoms with Crippen LogP contribution in [-0.4, -0.2) is 35.0 Å². The molecule has 1 unspecified atom stereocenters. The number of hydrogen-bond acceptors (Lipinski definition) is 4. The number of ether oxygens (including phenoxy) is 1. The number of aromatic nitrogens is 3. The maximum absolute atomic E-state index is 5.06.